The Morgan fingerprint density at radius 3 is 2.62 bits per heavy atom. The van der Waals surface area contributed by atoms with Crippen LogP contribution in [0.2, 0.25) is 5.02 Å². The van der Waals surface area contributed by atoms with Crippen molar-refractivity contribution in [1.29, 1.82) is 0 Å². The van der Waals surface area contributed by atoms with Crippen molar-refractivity contribution in [3.05, 3.63) is 57.8 Å². The Balaban J connectivity index is 2.18. The highest BCUT2D eigenvalue weighted by molar-refractivity contribution is 7.71. The molecule has 6 nitrogen and oxygen atoms in total. The van der Waals surface area contributed by atoms with Crippen molar-refractivity contribution in [2.45, 2.75) is 0 Å². The second-order valence-corrected chi connectivity index (χ2v) is 5.71. The number of benzene rings is 2. The zero-order valence-electron chi connectivity index (χ0n) is 12.5. The van der Waals surface area contributed by atoms with E-state index in [1.165, 1.54) is 12.1 Å². The molecule has 0 aliphatic carbocycles. The van der Waals surface area contributed by atoms with E-state index in [1.807, 2.05) is 0 Å². The molecule has 3 rings (SSSR count). The van der Waals surface area contributed by atoms with Gasteiger partial charge in [-0.05, 0) is 54.7 Å². The van der Waals surface area contributed by atoms with Gasteiger partial charge in [-0.3, -0.25) is 9.67 Å². The van der Waals surface area contributed by atoms with Gasteiger partial charge in [0.15, 0.2) is 10.6 Å². The maximum absolute atomic E-state index is 11.0. The summed E-state index contributed by atoms with van der Waals surface area (Å²) in [6, 6.07) is 11.5. The van der Waals surface area contributed by atoms with E-state index in [0.29, 0.717) is 32.6 Å². The van der Waals surface area contributed by atoms with Gasteiger partial charge in [0, 0.05) is 5.02 Å². The van der Waals surface area contributed by atoms with Gasteiger partial charge in [-0.25, -0.2) is 4.79 Å². The first-order chi connectivity index (χ1) is 11.5. The number of H-pyrrole nitrogens is 1. The normalized spacial score (nSPS) is 10.6. The molecule has 0 saturated heterocycles. The van der Waals surface area contributed by atoms with Gasteiger partial charge < -0.3 is 9.84 Å². The Morgan fingerprint density at radius 1 is 1.29 bits per heavy atom. The van der Waals surface area contributed by atoms with E-state index < -0.39 is 5.97 Å². The maximum atomic E-state index is 11.0. The van der Waals surface area contributed by atoms with Gasteiger partial charge in [0.1, 0.15) is 5.75 Å². The minimum Gasteiger partial charge on any atom is -0.496 e. The fourth-order valence-corrected chi connectivity index (χ4v) is 2.73. The van der Waals surface area contributed by atoms with Crippen LogP contribution >= 0.6 is 23.8 Å². The standard InChI is InChI=1S/C16H12ClN3O3S/c1-23-13-7-4-10(17)8-12(13)14-18-19-16(24)20(14)11-5-2-9(3-6-11)15(21)22/h2-8H,1H3,(H,19,24)(H,21,22). The second-order valence-electron chi connectivity index (χ2n) is 4.88. The second kappa shape index (κ2) is 6.46. The van der Waals surface area contributed by atoms with Crippen molar-refractivity contribution >= 4 is 29.8 Å². The smallest absolute Gasteiger partial charge is 0.335 e. The summed E-state index contributed by atoms with van der Waals surface area (Å²) in [5.41, 5.74) is 1.53. The molecular weight excluding hydrogens is 350 g/mol. The fraction of sp³-hybridized carbons (Fsp3) is 0.0625. The van der Waals surface area contributed by atoms with Gasteiger partial charge in [-0.15, -0.1) is 0 Å². The molecule has 0 radical (unpaired) electrons. The van der Waals surface area contributed by atoms with Gasteiger partial charge in [0.25, 0.3) is 0 Å². The molecule has 122 valence electrons. The predicted octanol–water partition coefficient (Wildman–Crippen LogP) is 3.96. The highest BCUT2D eigenvalue weighted by atomic mass is 35.5. The van der Waals surface area contributed by atoms with Crippen LogP contribution in [-0.2, 0) is 0 Å². The molecule has 0 spiro atoms. The van der Waals surface area contributed by atoms with Crippen LogP contribution < -0.4 is 4.74 Å². The number of aromatic carboxylic acids is 1. The summed E-state index contributed by atoms with van der Waals surface area (Å²) in [6.07, 6.45) is 0. The summed E-state index contributed by atoms with van der Waals surface area (Å²) in [7, 11) is 1.56. The molecule has 8 heteroatoms. The van der Waals surface area contributed by atoms with E-state index in [9.17, 15) is 4.79 Å². The topological polar surface area (TPSA) is 80.1 Å². The molecule has 0 atom stereocenters. The van der Waals surface area contributed by atoms with E-state index >= 15 is 0 Å². The van der Waals surface area contributed by atoms with E-state index in [2.05, 4.69) is 10.2 Å². The van der Waals surface area contributed by atoms with Crippen molar-refractivity contribution in [2.24, 2.45) is 0 Å². The van der Waals surface area contributed by atoms with Crippen LogP contribution in [0.5, 0.6) is 5.75 Å². The van der Waals surface area contributed by atoms with E-state index in [1.54, 1.807) is 42.0 Å². The van der Waals surface area contributed by atoms with Gasteiger partial charge in [0.2, 0.25) is 0 Å². The number of nitrogens with one attached hydrogen (secondary N) is 1. The van der Waals surface area contributed by atoms with E-state index in [4.69, 9.17) is 33.7 Å². The molecule has 24 heavy (non-hydrogen) atoms. The van der Waals surface area contributed by atoms with Gasteiger partial charge in [-0.1, -0.05) is 11.6 Å². The number of carbonyl (C=O) groups is 1. The van der Waals surface area contributed by atoms with Gasteiger partial charge in [0.05, 0.1) is 23.9 Å². The van der Waals surface area contributed by atoms with Crippen molar-refractivity contribution in [1.82, 2.24) is 14.8 Å². The zero-order chi connectivity index (χ0) is 17.3. The number of ether oxygens (including phenoxy) is 1. The number of carboxylic acids is 1. The Labute approximate surface area is 147 Å². The number of hydrogen-bond acceptors (Lipinski definition) is 4. The Kier molecular flexibility index (Phi) is 4.37. The van der Waals surface area contributed by atoms with Crippen LogP contribution in [0, 0.1) is 4.77 Å². The molecule has 3 aromatic rings. The molecule has 0 saturated carbocycles. The lowest BCUT2D eigenvalue weighted by Crippen LogP contribution is -2.01. The average Bonchev–Trinajstić information content (AvgIpc) is 2.96. The largest absolute Gasteiger partial charge is 0.496 e. The summed E-state index contributed by atoms with van der Waals surface area (Å²) in [6.45, 7) is 0. The Hall–Kier alpha value is -2.64. The lowest BCUT2D eigenvalue weighted by Gasteiger charge is -2.11. The molecule has 1 heterocycles. The van der Waals surface area contributed by atoms with E-state index in [-0.39, 0.29) is 5.56 Å². The number of rotatable bonds is 4. The number of carboxylic acid groups (broad SMARTS) is 1. The molecule has 0 unspecified atom stereocenters. The molecule has 0 aliphatic heterocycles. The number of aromatic nitrogens is 3. The van der Waals surface area contributed by atoms with Gasteiger partial charge >= 0.3 is 5.97 Å². The highest BCUT2D eigenvalue weighted by Gasteiger charge is 2.16. The quantitative estimate of drug-likeness (QED) is 0.687. The first-order valence-corrected chi connectivity index (χ1v) is 7.65. The Bertz CT molecular complexity index is 963. The van der Waals surface area contributed by atoms with Crippen molar-refractivity contribution in [2.75, 3.05) is 7.11 Å². The molecule has 2 aromatic carbocycles. The van der Waals surface area contributed by atoms with Crippen molar-refractivity contribution in [3.63, 3.8) is 0 Å². The summed E-state index contributed by atoms with van der Waals surface area (Å²) in [5, 5.41) is 16.6. The highest BCUT2D eigenvalue weighted by Crippen LogP contribution is 2.32. The summed E-state index contributed by atoms with van der Waals surface area (Å²) in [5.74, 6) is 0.119. The van der Waals surface area contributed by atoms with Crippen LogP contribution in [0.3, 0.4) is 0 Å². The van der Waals surface area contributed by atoms with Crippen LogP contribution in [0.25, 0.3) is 17.1 Å². The molecule has 0 amide bonds. The van der Waals surface area contributed by atoms with Crippen LogP contribution in [0.15, 0.2) is 42.5 Å². The third-order valence-corrected chi connectivity index (χ3v) is 3.96. The van der Waals surface area contributed by atoms with Crippen LogP contribution in [0.4, 0.5) is 0 Å². The van der Waals surface area contributed by atoms with Crippen LogP contribution in [-0.4, -0.2) is 33.0 Å². The average molecular weight is 362 g/mol. The maximum Gasteiger partial charge on any atom is 0.335 e. The molecule has 0 aliphatic rings. The molecule has 1 aromatic heterocycles. The summed E-state index contributed by atoms with van der Waals surface area (Å²) >= 11 is 11.4. The lowest BCUT2D eigenvalue weighted by atomic mass is 10.1. The SMILES string of the molecule is COc1ccc(Cl)cc1-c1n[nH]c(=S)n1-c1ccc(C(=O)O)cc1. The van der Waals surface area contributed by atoms with Gasteiger partial charge in [-0.2, -0.15) is 5.10 Å². The Morgan fingerprint density at radius 2 is 2.00 bits per heavy atom. The third-order valence-electron chi connectivity index (χ3n) is 3.45. The minimum atomic E-state index is -0.992. The van der Waals surface area contributed by atoms with E-state index in [0.717, 1.165) is 0 Å². The number of aromatic amines is 1. The first kappa shape index (κ1) is 16.2. The monoisotopic (exact) mass is 361 g/mol. The molecule has 2 N–H and O–H groups in total. The summed E-state index contributed by atoms with van der Waals surface area (Å²) < 4.78 is 7.43. The number of halogens is 1. The van der Waals surface area contributed by atoms with Crippen molar-refractivity contribution in [3.8, 4) is 22.8 Å². The zero-order valence-corrected chi connectivity index (χ0v) is 14.1. The van der Waals surface area contributed by atoms with Crippen molar-refractivity contribution < 1.29 is 14.6 Å². The first-order valence-electron chi connectivity index (χ1n) is 6.86. The number of hydrogen-bond donors (Lipinski definition) is 2. The number of methoxy groups -OCH3 is 1. The summed E-state index contributed by atoms with van der Waals surface area (Å²) in [4.78, 5) is 11.0. The third kappa shape index (κ3) is 2.91. The van der Waals surface area contributed by atoms with Crippen LogP contribution in [0.1, 0.15) is 10.4 Å². The molecular formula is C16H12ClN3O3S. The fourth-order valence-electron chi connectivity index (χ4n) is 2.33. The number of nitrogens with zero attached hydrogens (tertiary/aromatic N) is 2. The minimum absolute atomic E-state index is 0.190. The predicted molar refractivity (Wildman–Crippen MR) is 92.7 cm³/mol. The molecule has 0 fully saturated rings. The lowest BCUT2D eigenvalue weighted by molar-refractivity contribution is 0.0697. The molecule has 0 bridgehead atoms.